The molecule has 0 aliphatic carbocycles. The number of pyridine rings is 1. The van der Waals surface area contributed by atoms with Gasteiger partial charge in [-0.15, -0.1) is 0 Å². The highest BCUT2D eigenvalue weighted by Crippen LogP contribution is 2.48. The zero-order chi connectivity index (χ0) is 26.5. The van der Waals surface area contributed by atoms with E-state index in [0.29, 0.717) is 18.8 Å². The van der Waals surface area contributed by atoms with Crippen molar-refractivity contribution in [3.8, 4) is 17.0 Å². The highest BCUT2D eigenvalue weighted by Gasteiger charge is 2.43. The number of rotatable bonds is 9. The van der Waals surface area contributed by atoms with Crippen LogP contribution in [0.4, 0.5) is 0 Å². The van der Waals surface area contributed by atoms with Gasteiger partial charge in [0.15, 0.2) is 0 Å². The minimum Gasteiger partial charge on any atom is -0.481 e. The minimum absolute atomic E-state index is 0.430. The van der Waals surface area contributed by atoms with Crippen molar-refractivity contribution in [3.05, 3.63) is 132 Å². The van der Waals surface area contributed by atoms with E-state index in [1.165, 1.54) is 0 Å². The highest BCUT2D eigenvalue weighted by atomic mass is 16.5. The fourth-order valence-corrected chi connectivity index (χ4v) is 5.42. The Hall–Kier alpha value is -3.99. The molecule has 0 saturated heterocycles. The molecule has 5 aromatic rings. The highest BCUT2D eigenvalue weighted by molar-refractivity contribution is 5.86. The number of fused-ring (bicyclic) bond motifs is 1. The van der Waals surface area contributed by atoms with Crippen molar-refractivity contribution in [2.45, 2.75) is 17.9 Å². The molecule has 4 heteroatoms. The molecule has 0 bridgehead atoms. The summed E-state index contributed by atoms with van der Waals surface area (Å²) in [4.78, 5) is 6.86. The van der Waals surface area contributed by atoms with Crippen LogP contribution < -0.4 is 4.74 Å². The maximum absolute atomic E-state index is 13.1. The van der Waals surface area contributed by atoms with Gasteiger partial charge in [-0.05, 0) is 54.0 Å². The summed E-state index contributed by atoms with van der Waals surface area (Å²) in [5.41, 5.74) is 3.56. The van der Waals surface area contributed by atoms with Gasteiger partial charge in [-0.3, -0.25) is 0 Å². The predicted octanol–water partition coefficient (Wildman–Crippen LogP) is 6.88. The van der Waals surface area contributed by atoms with Crippen molar-refractivity contribution in [1.82, 2.24) is 9.88 Å². The number of methoxy groups -OCH3 is 1. The van der Waals surface area contributed by atoms with Crippen molar-refractivity contribution in [1.29, 1.82) is 0 Å². The zero-order valence-electron chi connectivity index (χ0n) is 22.2. The molecule has 0 amide bonds. The lowest BCUT2D eigenvalue weighted by atomic mass is 9.70. The molecule has 0 radical (unpaired) electrons. The molecular formula is C34H34N2O2. The number of nitrogens with zero attached hydrogens (tertiary/aromatic N) is 2. The Labute approximate surface area is 225 Å². The van der Waals surface area contributed by atoms with Gasteiger partial charge in [-0.1, -0.05) is 103 Å². The molecule has 4 nitrogen and oxygen atoms in total. The Balaban J connectivity index is 1.81. The lowest BCUT2D eigenvalue weighted by molar-refractivity contribution is 0.00517. The third-order valence-corrected chi connectivity index (χ3v) is 7.30. The smallest absolute Gasteiger partial charge is 0.217 e. The van der Waals surface area contributed by atoms with E-state index >= 15 is 0 Å². The van der Waals surface area contributed by atoms with Gasteiger partial charge in [-0.2, -0.15) is 0 Å². The van der Waals surface area contributed by atoms with E-state index in [2.05, 4.69) is 59.5 Å². The molecule has 1 N–H and O–H groups in total. The van der Waals surface area contributed by atoms with Gasteiger partial charge in [0.2, 0.25) is 5.88 Å². The van der Waals surface area contributed by atoms with Crippen molar-refractivity contribution in [3.63, 3.8) is 0 Å². The summed E-state index contributed by atoms with van der Waals surface area (Å²) in [7, 11) is 5.73. The van der Waals surface area contributed by atoms with Gasteiger partial charge in [-0.25, -0.2) is 4.98 Å². The third kappa shape index (κ3) is 5.06. The molecule has 0 aliphatic rings. The molecule has 0 fully saturated rings. The summed E-state index contributed by atoms with van der Waals surface area (Å²) in [6.07, 6.45) is 2.36. The minimum atomic E-state index is -1.25. The monoisotopic (exact) mass is 502 g/mol. The van der Waals surface area contributed by atoms with Crippen molar-refractivity contribution in [2.75, 3.05) is 27.7 Å². The van der Waals surface area contributed by atoms with E-state index in [9.17, 15) is 5.11 Å². The molecule has 2 atom stereocenters. The summed E-state index contributed by atoms with van der Waals surface area (Å²) >= 11 is 0. The maximum Gasteiger partial charge on any atom is 0.217 e. The lowest BCUT2D eigenvalue weighted by Crippen LogP contribution is -2.38. The van der Waals surface area contributed by atoms with Crippen LogP contribution in [-0.4, -0.2) is 42.7 Å². The van der Waals surface area contributed by atoms with Crippen LogP contribution >= 0.6 is 0 Å². The van der Waals surface area contributed by atoms with Gasteiger partial charge in [0.1, 0.15) is 5.60 Å². The van der Waals surface area contributed by atoms with E-state index in [0.717, 1.165) is 38.6 Å². The first-order valence-corrected chi connectivity index (χ1v) is 13.0. The lowest BCUT2D eigenvalue weighted by Gasteiger charge is -2.39. The van der Waals surface area contributed by atoms with Crippen molar-refractivity contribution in [2.24, 2.45) is 0 Å². The zero-order valence-corrected chi connectivity index (χ0v) is 22.2. The van der Waals surface area contributed by atoms with E-state index in [-0.39, 0.29) is 0 Å². The molecule has 38 heavy (non-hydrogen) atoms. The molecule has 0 spiro atoms. The number of ether oxygens (including phenoxy) is 1. The predicted molar refractivity (Wildman–Crippen MR) is 156 cm³/mol. The summed E-state index contributed by atoms with van der Waals surface area (Å²) in [5.74, 6) is 0.0858. The Morgan fingerprint density at radius 1 is 0.816 bits per heavy atom. The van der Waals surface area contributed by atoms with Crippen LogP contribution in [0.25, 0.3) is 21.9 Å². The number of aromatic nitrogens is 1. The number of aliphatic hydroxyl groups is 1. The molecule has 1 heterocycles. The third-order valence-electron chi connectivity index (χ3n) is 7.30. The van der Waals surface area contributed by atoms with E-state index in [1.54, 1.807) is 7.11 Å². The summed E-state index contributed by atoms with van der Waals surface area (Å²) in [6, 6.07) is 37.1. The largest absolute Gasteiger partial charge is 0.481 e. The molecule has 4 aromatic carbocycles. The summed E-state index contributed by atoms with van der Waals surface area (Å²) in [5, 5.41) is 15.2. The van der Waals surface area contributed by atoms with Crippen LogP contribution in [-0.2, 0) is 5.60 Å². The first kappa shape index (κ1) is 25.7. The van der Waals surface area contributed by atoms with Gasteiger partial charge in [0.05, 0.1) is 7.11 Å². The first-order valence-electron chi connectivity index (χ1n) is 13.0. The SMILES string of the molecule is COc1ncc(-c2ccccc2)cc1[C@@H](c1ccccc1)[C@@](O)(CCN(C)C)c1cccc2ccccc12. The van der Waals surface area contributed by atoms with Crippen LogP contribution in [0, 0.1) is 0 Å². The Bertz CT molecular complexity index is 1500. The van der Waals surface area contributed by atoms with E-state index in [4.69, 9.17) is 9.72 Å². The first-order chi connectivity index (χ1) is 18.5. The van der Waals surface area contributed by atoms with Gasteiger partial charge >= 0.3 is 0 Å². The molecule has 0 aliphatic heterocycles. The maximum atomic E-state index is 13.1. The second-order valence-corrected chi connectivity index (χ2v) is 10.0. The quantitative estimate of drug-likeness (QED) is 0.239. The van der Waals surface area contributed by atoms with Crippen molar-refractivity contribution < 1.29 is 9.84 Å². The fourth-order valence-electron chi connectivity index (χ4n) is 5.42. The standard InChI is InChI=1S/C34H34N2O2/c1-36(2)22-21-34(37,31-20-12-18-26-15-10-11-19-29(26)31)32(27-16-8-5-9-17-27)30-23-28(24-35-33(30)38-3)25-13-6-4-7-14-25/h4-20,23-24,32,37H,21-22H2,1-3H3/t32-,34-/m1/s1. The van der Waals surface area contributed by atoms with Crippen LogP contribution in [0.15, 0.2) is 115 Å². The van der Waals surface area contributed by atoms with Crippen LogP contribution in [0.5, 0.6) is 5.88 Å². The van der Waals surface area contributed by atoms with Crippen LogP contribution in [0.2, 0.25) is 0 Å². The number of benzene rings is 4. The number of hydrogen-bond acceptors (Lipinski definition) is 4. The molecule has 0 unspecified atom stereocenters. The molecular weight excluding hydrogens is 468 g/mol. The molecule has 192 valence electrons. The summed E-state index contributed by atoms with van der Waals surface area (Å²) < 4.78 is 5.85. The van der Waals surface area contributed by atoms with Crippen LogP contribution in [0.3, 0.4) is 0 Å². The molecule has 5 rings (SSSR count). The Kier molecular flexibility index (Phi) is 7.54. The second-order valence-electron chi connectivity index (χ2n) is 10.0. The average Bonchev–Trinajstić information content (AvgIpc) is 2.97. The average molecular weight is 503 g/mol. The van der Waals surface area contributed by atoms with Crippen LogP contribution in [0.1, 0.15) is 29.0 Å². The van der Waals surface area contributed by atoms with Gasteiger partial charge < -0.3 is 14.7 Å². The van der Waals surface area contributed by atoms with Gasteiger partial charge in [0.25, 0.3) is 0 Å². The van der Waals surface area contributed by atoms with Crippen molar-refractivity contribution >= 4 is 10.8 Å². The van der Waals surface area contributed by atoms with E-state index < -0.39 is 11.5 Å². The topological polar surface area (TPSA) is 45.6 Å². The van der Waals surface area contributed by atoms with E-state index in [1.807, 2.05) is 74.9 Å². The normalized spacial score (nSPS) is 13.8. The summed E-state index contributed by atoms with van der Waals surface area (Å²) in [6.45, 7) is 0.706. The fraction of sp³-hybridized carbons (Fsp3) is 0.206. The second kappa shape index (κ2) is 11.2. The Morgan fingerprint density at radius 3 is 2.18 bits per heavy atom. The molecule has 1 aromatic heterocycles. The Morgan fingerprint density at radius 2 is 1.47 bits per heavy atom. The number of hydrogen-bond donors (Lipinski definition) is 1. The van der Waals surface area contributed by atoms with Gasteiger partial charge in [0, 0.05) is 29.8 Å². The molecule has 0 saturated carbocycles.